The maximum Gasteiger partial charge on any atom is 0.318 e. The predicted molar refractivity (Wildman–Crippen MR) is 88.7 cm³/mol. The Labute approximate surface area is 137 Å². The number of nitrogens with zero attached hydrogens (tertiary/aromatic N) is 1. The van der Waals surface area contributed by atoms with Gasteiger partial charge in [0, 0.05) is 12.6 Å². The zero-order valence-electron chi connectivity index (χ0n) is 13.4. The van der Waals surface area contributed by atoms with Crippen molar-refractivity contribution in [1.82, 2.24) is 10.2 Å². The summed E-state index contributed by atoms with van der Waals surface area (Å²) in [6.07, 6.45) is 5.92. The zero-order chi connectivity index (χ0) is 16.2. The Morgan fingerprint density at radius 3 is 2.65 bits per heavy atom. The van der Waals surface area contributed by atoms with Crippen molar-refractivity contribution in [2.75, 3.05) is 6.54 Å². The summed E-state index contributed by atoms with van der Waals surface area (Å²) in [6, 6.07) is 9.65. The predicted octanol–water partition coefficient (Wildman–Crippen LogP) is 2.06. The quantitative estimate of drug-likeness (QED) is 0.892. The molecule has 0 radical (unpaired) electrons. The molecule has 23 heavy (non-hydrogen) atoms. The molecule has 124 valence electrons. The van der Waals surface area contributed by atoms with E-state index in [1.165, 1.54) is 12.0 Å². The summed E-state index contributed by atoms with van der Waals surface area (Å²) in [6.45, 7) is 0.572. The fourth-order valence-electron chi connectivity index (χ4n) is 4.06. The van der Waals surface area contributed by atoms with Gasteiger partial charge in [-0.3, -0.25) is 4.79 Å². The number of benzene rings is 1. The first-order valence-corrected chi connectivity index (χ1v) is 8.56. The van der Waals surface area contributed by atoms with Crippen molar-refractivity contribution in [3.05, 3.63) is 35.9 Å². The van der Waals surface area contributed by atoms with Crippen LogP contribution in [0.4, 0.5) is 4.79 Å². The highest BCUT2D eigenvalue weighted by Crippen LogP contribution is 2.39. The van der Waals surface area contributed by atoms with Gasteiger partial charge in [0.2, 0.25) is 5.91 Å². The first-order chi connectivity index (χ1) is 11.2. The van der Waals surface area contributed by atoms with Gasteiger partial charge < -0.3 is 16.0 Å². The lowest BCUT2D eigenvalue weighted by Gasteiger charge is -2.33. The smallest absolute Gasteiger partial charge is 0.318 e. The number of amides is 3. The first kappa shape index (κ1) is 15.8. The molecule has 2 aliphatic rings. The van der Waals surface area contributed by atoms with Crippen LogP contribution in [-0.4, -0.2) is 35.5 Å². The lowest BCUT2D eigenvalue weighted by atomic mass is 9.85. The molecule has 1 aliphatic heterocycles. The molecule has 1 aliphatic carbocycles. The fraction of sp³-hybridized carbons (Fsp3) is 0.556. The maximum atomic E-state index is 12.6. The Balaban J connectivity index is 1.60. The van der Waals surface area contributed by atoms with Gasteiger partial charge in [0.05, 0.1) is 0 Å². The van der Waals surface area contributed by atoms with Gasteiger partial charge in [0.1, 0.15) is 6.04 Å². The molecule has 2 fully saturated rings. The van der Waals surface area contributed by atoms with Crippen molar-refractivity contribution in [1.29, 1.82) is 0 Å². The van der Waals surface area contributed by atoms with Crippen molar-refractivity contribution < 1.29 is 9.59 Å². The van der Waals surface area contributed by atoms with Crippen molar-refractivity contribution >= 4 is 11.9 Å². The summed E-state index contributed by atoms with van der Waals surface area (Å²) in [5.41, 5.74) is 6.73. The second kappa shape index (κ2) is 7.02. The molecule has 3 N–H and O–H groups in total. The van der Waals surface area contributed by atoms with Crippen molar-refractivity contribution in [2.45, 2.75) is 50.6 Å². The average molecular weight is 315 g/mol. The van der Waals surface area contributed by atoms with Crippen LogP contribution in [0.1, 0.15) is 37.7 Å². The average Bonchev–Trinajstić information content (AvgIpc) is 2.95. The van der Waals surface area contributed by atoms with E-state index in [0.717, 1.165) is 32.1 Å². The summed E-state index contributed by atoms with van der Waals surface area (Å²) in [5.74, 6) is 0.0544. The molecule has 1 aromatic carbocycles. The minimum absolute atomic E-state index is 0.140. The molecule has 3 rings (SSSR count). The number of likely N-dealkylation sites (tertiary alicyclic amines) is 1. The van der Waals surface area contributed by atoms with Crippen LogP contribution in [0.3, 0.4) is 0 Å². The lowest BCUT2D eigenvalue weighted by Crippen LogP contribution is -2.52. The van der Waals surface area contributed by atoms with Crippen LogP contribution in [-0.2, 0) is 11.2 Å². The van der Waals surface area contributed by atoms with E-state index in [4.69, 9.17) is 5.73 Å². The van der Waals surface area contributed by atoms with Gasteiger partial charge in [0.15, 0.2) is 0 Å². The van der Waals surface area contributed by atoms with Gasteiger partial charge in [-0.1, -0.05) is 43.2 Å². The number of nitrogens with one attached hydrogen (secondary N) is 1. The van der Waals surface area contributed by atoms with E-state index in [0.29, 0.717) is 12.5 Å². The minimum atomic E-state index is -0.445. The Morgan fingerprint density at radius 1 is 1.17 bits per heavy atom. The molecule has 0 unspecified atom stereocenters. The van der Waals surface area contributed by atoms with Crippen LogP contribution >= 0.6 is 0 Å². The third-order valence-electron chi connectivity index (χ3n) is 5.18. The number of fused-ring (bicyclic) bond motifs is 1. The van der Waals surface area contributed by atoms with Crippen LogP contribution in [0.15, 0.2) is 30.3 Å². The number of nitrogens with two attached hydrogens (primary N) is 1. The van der Waals surface area contributed by atoms with Crippen LogP contribution in [0, 0.1) is 5.92 Å². The summed E-state index contributed by atoms with van der Waals surface area (Å²) >= 11 is 0. The maximum absolute atomic E-state index is 12.6. The van der Waals surface area contributed by atoms with Gasteiger partial charge in [-0.15, -0.1) is 0 Å². The molecule has 1 heterocycles. The van der Waals surface area contributed by atoms with E-state index in [2.05, 4.69) is 5.32 Å². The van der Waals surface area contributed by atoms with Crippen LogP contribution in [0.25, 0.3) is 0 Å². The Bertz CT molecular complexity index is 561. The summed E-state index contributed by atoms with van der Waals surface area (Å²) in [7, 11) is 0. The molecule has 0 aromatic heterocycles. The standard InChI is InChI=1S/C18H25N3O2/c19-17(22)16-12-14-8-4-5-9-15(14)21(16)18(23)20-11-10-13-6-2-1-3-7-13/h1-3,6-7,14-16H,4-5,8-12H2,(H2,19,22)(H,20,23)/t14-,15+,16-/m0/s1. The van der Waals surface area contributed by atoms with Gasteiger partial charge in [-0.05, 0) is 37.2 Å². The van der Waals surface area contributed by atoms with Crippen LogP contribution < -0.4 is 11.1 Å². The second-order valence-electron chi connectivity index (χ2n) is 6.64. The zero-order valence-corrected chi connectivity index (χ0v) is 13.4. The van der Waals surface area contributed by atoms with E-state index in [9.17, 15) is 9.59 Å². The highest BCUT2D eigenvalue weighted by Gasteiger charge is 2.46. The molecule has 5 heteroatoms. The van der Waals surface area contributed by atoms with Gasteiger partial charge >= 0.3 is 6.03 Å². The minimum Gasteiger partial charge on any atom is -0.368 e. The summed E-state index contributed by atoms with van der Waals surface area (Å²) in [4.78, 5) is 26.1. The van der Waals surface area contributed by atoms with E-state index in [1.807, 2.05) is 30.3 Å². The molecule has 0 spiro atoms. The van der Waals surface area contributed by atoms with Crippen molar-refractivity contribution in [3.8, 4) is 0 Å². The number of primary amides is 1. The Morgan fingerprint density at radius 2 is 1.91 bits per heavy atom. The van der Waals surface area contributed by atoms with Gasteiger partial charge in [0.25, 0.3) is 0 Å². The number of urea groups is 1. The Kier molecular flexibility index (Phi) is 4.84. The SMILES string of the molecule is NC(=O)[C@@H]1C[C@@H]2CCCC[C@H]2N1C(=O)NCCc1ccccc1. The number of carbonyl (C=O) groups is 2. The third kappa shape index (κ3) is 3.49. The molecule has 1 saturated carbocycles. The largest absolute Gasteiger partial charge is 0.368 e. The number of rotatable bonds is 4. The topological polar surface area (TPSA) is 75.4 Å². The number of carbonyl (C=O) groups excluding carboxylic acids is 2. The molecule has 0 bridgehead atoms. The highest BCUT2D eigenvalue weighted by molar-refractivity contribution is 5.87. The molecule has 1 saturated heterocycles. The van der Waals surface area contributed by atoms with Crippen molar-refractivity contribution in [3.63, 3.8) is 0 Å². The van der Waals surface area contributed by atoms with Crippen LogP contribution in [0.2, 0.25) is 0 Å². The number of hydrogen-bond donors (Lipinski definition) is 2. The molecule has 3 atom stereocenters. The van der Waals surface area contributed by atoms with E-state index in [-0.39, 0.29) is 18.0 Å². The van der Waals surface area contributed by atoms with E-state index in [1.54, 1.807) is 4.90 Å². The molecule has 1 aromatic rings. The van der Waals surface area contributed by atoms with E-state index < -0.39 is 6.04 Å². The normalized spacial score (nSPS) is 26.6. The van der Waals surface area contributed by atoms with Crippen LogP contribution in [0.5, 0.6) is 0 Å². The molecule has 3 amide bonds. The Hall–Kier alpha value is -2.04. The van der Waals surface area contributed by atoms with Gasteiger partial charge in [-0.2, -0.15) is 0 Å². The van der Waals surface area contributed by atoms with Crippen molar-refractivity contribution in [2.24, 2.45) is 11.7 Å². The summed E-state index contributed by atoms with van der Waals surface area (Å²) in [5, 5.41) is 2.97. The lowest BCUT2D eigenvalue weighted by molar-refractivity contribution is -0.121. The molecular formula is C18H25N3O2. The van der Waals surface area contributed by atoms with E-state index >= 15 is 0 Å². The molecular weight excluding hydrogens is 290 g/mol. The summed E-state index contributed by atoms with van der Waals surface area (Å²) < 4.78 is 0. The monoisotopic (exact) mass is 315 g/mol. The fourth-order valence-corrected chi connectivity index (χ4v) is 4.06. The molecule has 5 nitrogen and oxygen atoms in total. The highest BCUT2D eigenvalue weighted by atomic mass is 16.2. The second-order valence-corrected chi connectivity index (χ2v) is 6.64. The number of hydrogen-bond acceptors (Lipinski definition) is 2. The third-order valence-corrected chi connectivity index (χ3v) is 5.18. The first-order valence-electron chi connectivity index (χ1n) is 8.56. The van der Waals surface area contributed by atoms with Gasteiger partial charge in [-0.25, -0.2) is 4.79 Å².